The van der Waals surface area contributed by atoms with E-state index in [-0.39, 0.29) is 16.6 Å². The van der Waals surface area contributed by atoms with E-state index < -0.39 is 49.4 Å². The molecule has 0 bridgehead atoms. The summed E-state index contributed by atoms with van der Waals surface area (Å²) < 4.78 is 71.0. The molecule has 0 aliphatic rings. The third-order valence-electron chi connectivity index (χ3n) is 5.61. The second-order valence-corrected chi connectivity index (χ2v) is 9.76. The average Bonchev–Trinajstić information content (AvgIpc) is 3.34. The zero-order valence-electron chi connectivity index (χ0n) is 20.3. The highest BCUT2D eigenvalue weighted by atomic mass is 32.2. The Morgan fingerprint density at radius 2 is 1.95 bits per heavy atom. The number of H-pyrrole nitrogens is 1. The van der Waals surface area contributed by atoms with Crippen molar-refractivity contribution in [3.63, 3.8) is 0 Å². The number of carbonyl (C=O) groups excluding carboxylic acids is 1. The van der Waals surface area contributed by atoms with Crippen LogP contribution in [0.2, 0.25) is 0 Å². The summed E-state index contributed by atoms with van der Waals surface area (Å²) >= 11 is 0. The number of anilines is 1. The lowest BCUT2D eigenvalue weighted by Crippen LogP contribution is -2.16. The number of hydrogen-bond acceptors (Lipinski definition) is 7. The molecule has 2 aromatic carbocycles. The largest absolute Gasteiger partial charge is 0.404 e. The van der Waals surface area contributed by atoms with E-state index in [1.807, 2.05) is 4.72 Å². The molecule has 0 aliphatic carbocycles. The number of hydrogen-bond donors (Lipinski definition) is 4. The number of nitrogens with two attached hydrogens (primary N) is 1. The smallest absolute Gasteiger partial charge is 0.262 e. The fraction of sp³-hybridized carbons (Fsp3) is 0.0385. The Kier molecular flexibility index (Phi) is 7.54. The normalized spacial score (nSPS) is 12.2. The van der Waals surface area contributed by atoms with Crippen LogP contribution in [0.15, 0.2) is 83.3 Å². The summed E-state index contributed by atoms with van der Waals surface area (Å²) in [5, 5.41) is 2.97. The number of pyridine rings is 1. The third-order valence-corrected chi connectivity index (χ3v) is 6.97. The Labute approximate surface area is 221 Å². The number of allylic oxidation sites excluding steroid dienone is 1. The van der Waals surface area contributed by atoms with Crippen LogP contribution in [0.3, 0.4) is 0 Å². The molecule has 0 amide bonds. The quantitative estimate of drug-likeness (QED) is 0.182. The molecule has 0 atom stereocenters. The van der Waals surface area contributed by atoms with Gasteiger partial charge in [-0.25, -0.2) is 31.6 Å². The van der Waals surface area contributed by atoms with Gasteiger partial charge in [0.15, 0.2) is 5.82 Å². The van der Waals surface area contributed by atoms with Crippen molar-refractivity contribution in [3.8, 4) is 0 Å². The highest BCUT2D eigenvalue weighted by Gasteiger charge is 2.26. The van der Waals surface area contributed by atoms with Crippen LogP contribution in [-0.4, -0.2) is 37.4 Å². The first-order chi connectivity index (χ1) is 18.6. The summed E-state index contributed by atoms with van der Waals surface area (Å²) in [6.45, 7) is 3.68. The molecule has 0 fully saturated rings. The highest BCUT2D eigenvalue weighted by molar-refractivity contribution is 7.92. The molecule has 0 radical (unpaired) electrons. The predicted molar refractivity (Wildman–Crippen MR) is 142 cm³/mol. The first kappa shape index (κ1) is 27.1. The lowest BCUT2D eigenvalue weighted by Gasteiger charge is -2.12. The summed E-state index contributed by atoms with van der Waals surface area (Å²) in [7, 11) is -2.82. The fourth-order valence-corrected chi connectivity index (χ4v) is 4.68. The Balaban J connectivity index is 1.74. The molecule has 0 unspecified atom stereocenters. The molecule has 0 saturated heterocycles. The van der Waals surface area contributed by atoms with Gasteiger partial charge in [0, 0.05) is 53.9 Å². The molecule has 0 saturated carbocycles. The van der Waals surface area contributed by atoms with Gasteiger partial charge in [0.1, 0.15) is 23.1 Å². The van der Waals surface area contributed by atoms with Gasteiger partial charge in [0.25, 0.3) is 10.0 Å². The van der Waals surface area contributed by atoms with Gasteiger partial charge in [0.05, 0.1) is 16.1 Å². The average molecular weight is 555 g/mol. The molecule has 2 aromatic heterocycles. The van der Waals surface area contributed by atoms with Crippen LogP contribution in [0.25, 0.3) is 16.6 Å². The molecular formula is C26H21F3N6O3S. The number of halogens is 3. The number of nitrogens with one attached hydrogen (secondary N) is 3. The Morgan fingerprint density at radius 1 is 1.18 bits per heavy atom. The number of ketones is 1. The molecule has 5 N–H and O–H groups in total. The molecule has 4 aromatic rings. The van der Waals surface area contributed by atoms with Gasteiger partial charge in [-0.1, -0.05) is 12.6 Å². The first-order valence-electron chi connectivity index (χ1n) is 11.2. The van der Waals surface area contributed by atoms with Crippen molar-refractivity contribution in [1.82, 2.24) is 15.3 Å². The number of rotatable bonds is 9. The topological polar surface area (TPSA) is 142 Å². The highest BCUT2D eigenvalue weighted by Crippen LogP contribution is 2.29. The van der Waals surface area contributed by atoms with Crippen LogP contribution in [0.4, 0.5) is 18.9 Å². The van der Waals surface area contributed by atoms with Crippen LogP contribution < -0.4 is 15.8 Å². The van der Waals surface area contributed by atoms with Crippen molar-refractivity contribution >= 4 is 44.3 Å². The second kappa shape index (κ2) is 10.8. The number of benzene rings is 2. The van der Waals surface area contributed by atoms with E-state index in [0.717, 1.165) is 36.4 Å². The Hall–Kier alpha value is -4.91. The van der Waals surface area contributed by atoms with Gasteiger partial charge in [-0.2, -0.15) is 0 Å². The minimum Gasteiger partial charge on any atom is -0.404 e. The molecule has 0 spiro atoms. The second-order valence-electron chi connectivity index (χ2n) is 8.08. The molecule has 200 valence electrons. The van der Waals surface area contributed by atoms with Crippen LogP contribution in [0.5, 0.6) is 0 Å². The summed E-state index contributed by atoms with van der Waals surface area (Å²) in [6.07, 6.45) is 5.37. The van der Waals surface area contributed by atoms with E-state index in [1.54, 1.807) is 7.05 Å². The zero-order valence-corrected chi connectivity index (χ0v) is 21.1. The van der Waals surface area contributed by atoms with E-state index in [0.29, 0.717) is 17.0 Å². The van der Waals surface area contributed by atoms with Gasteiger partial charge in [-0.15, -0.1) is 0 Å². The van der Waals surface area contributed by atoms with Crippen LogP contribution in [0, 0.1) is 17.5 Å². The standard InChI is InChI=1S/C26H21F3N6O3S/c1-14(31-2)32-12-16(10-30)15-8-19-20(13-34-26(19)33-11-15)25(36)23-21(28)6-7-22(24(23)29)35-39(37,38)18-5-3-4-17(27)9-18/h3-13,31,35H,1,30H2,2H3,(H,33,34)/b16-10+,32-12?. The number of nitrogens with zero attached hydrogens (tertiary/aromatic N) is 2. The molecule has 2 heterocycles. The lowest BCUT2D eigenvalue weighted by atomic mass is 10.00. The maximum Gasteiger partial charge on any atom is 0.262 e. The van der Waals surface area contributed by atoms with E-state index in [2.05, 4.69) is 26.9 Å². The third kappa shape index (κ3) is 5.52. The van der Waals surface area contributed by atoms with Gasteiger partial charge in [-0.05, 0) is 36.4 Å². The van der Waals surface area contributed by atoms with Crippen LogP contribution >= 0.6 is 0 Å². The van der Waals surface area contributed by atoms with E-state index in [1.165, 1.54) is 30.9 Å². The van der Waals surface area contributed by atoms with Crippen LogP contribution in [-0.2, 0) is 10.0 Å². The number of sulfonamides is 1. The molecule has 0 aliphatic heterocycles. The maximum atomic E-state index is 15.4. The van der Waals surface area contributed by atoms with E-state index in [4.69, 9.17) is 5.73 Å². The van der Waals surface area contributed by atoms with Crippen molar-refractivity contribution in [2.75, 3.05) is 11.8 Å². The molecule has 4 rings (SSSR count). The van der Waals surface area contributed by atoms with Crippen molar-refractivity contribution < 1.29 is 26.4 Å². The number of carbonyl (C=O) groups is 1. The SMILES string of the molecule is C=C(N=C/C(=C\N)c1cnc2[nH]cc(C(=O)c3c(F)ccc(NS(=O)(=O)c4cccc(F)c4)c3F)c2c1)NC. The zero-order chi connectivity index (χ0) is 28.3. The number of aromatic nitrogens is 2. The summed E-state index contributed by atoms with van der Waals surface area (Å²) in [5.41, 5.74) is 5.01. The number of aromatic amines is 1. The number of fused-ring (bicyclic) bond motifs is 1. The van der Waals surface area contributed by atoms with Crippen molar-refractivity contribution in [2.24, 2.45) is 10.7 Å². The lowest BCUT2D eigenvalue weighted by molar-refractivity contribution is 0.103. The predicted octanol–water partition coefficient (Wildman–Crippen LogP) is 4.07. The van der Waals surface area contributed by atoms with Gasteiger partial charge in [0.2, 0.25) is 5.78 Å². The fourth-order valence-electron chi connectivity index (χ4n) is 3.59. The van der Waals surface area contributed by atoms with Crippen LogP contribution in [0.1, 0.15) is 21.5 Å². The van der Waals surface area contributed by atoms with Crippen molar-refractivity contribution in [2.45, 2.75) is 4.90 Å². The van der Waals surface area contributed by atoms with Crippen molar-refractivity contribution in [3.05, 3.63) is 108 Å². The number of aliphatic imine (C=N–C) groups is 1. The first-order valence-corrected chi connectivity index (χ1v) is 12.6. The van der Waals surface area contributed by atoms with E-state index in [9.17, 15) is 22.0 Å². The Bertz CT molecular complexity index is 1780. The Morgan fingerprint density at radius 3 is 2.64 bits per heavy atom. The molecule has 13 heteroatoms. The van der Waals surface area contributed by atoms with E-state index >= 15 is 4.39 Å². The molecular weight excluding hydrogens is 533 g/mol. The summed E-state index contributed by atoms with van der Waals surface area (Å²) in [5.74, 6) is -4.20. The maximum absolute atomic E-state index is 15.4. The molecule has 9 nitrogen and oxygen atoms in total. The van der Waals surface area contributed by atoms with Crippen molar-refractivity contribution in [1.29, 1.82) is 0 Å². The minimum atomic E-state index is -4.45. The molecule has 39 heavy (non-hydrogen) atoms. The minimum absolute atomic E-state index is 0.129. The summed E-state index contributed by atoms with van der Waals surface area (Å²) in [6, 6.07) is 7.13. The van der Waals surface area contributed by atoms with Gasteiger partial charge >= 0.3 is 0 Å². The summed E-state index contributed by atoms with van der Waals surface area (Å²) in [4.78, 5) is 24.0. The van der Waals surface area contributed by atoms with Gasteiger partial charge < -0.3 is 16.0 Å². The van der Waals surface area contributed by atoms with Gasteiger partial charge in [-0.3, -0.25) is 9.52 Å². The monoisotopic (exact) mass is 554 g/mol.